The third-order valence-electron chi connectivity index (χ3n) is 1.21. The molecule has 1 aliphatic heterocycles. The van der Waals surface area contributed by atoms with Crippen LogP contribution in [0.15, 0.2) is 0 Å². The number of rotatable bonds is 2. The number of halogens is 1. The molecule has 0 aromatic heterocycles. The van der Waals surface area contributed by atoms with Crippen molar-refractivity contribution in [3.63, 3.8) is 0 Å². The Morgan fingerprint density at radius 3 is 2.80 bits per heavy atom. The van der Waals surface area contributed by atoms with E-state index in [0.717, 1.165) is 4.42 Å². The summed E-state index contributed by atoms with van der Waals surface area (Å²) >= 11 is 5.46. The van der Waals surface area contributed by atoms with E-state index in [9.17, 15) is 4.79 Å². The van der Waals surface area contributed by atoms with Gasteiger partial charge in [-0.25, -0.2) is 14.3 Å². The van der Waals surface area contributed by atoms with Gasteiger partial charge in [-0.3, -0.25) is 4.84 Å². The van der Waals surface area contributed by atoms with Crippen LogP contribution in [0.25, 0.3) is 0 Å². The lowest BCUT2D eigenvalue weighted by molar-refractivity contribution is -0.0985. The van der Waals surface area contributed by atoms with Crippen LogP contribution in [0.2, 0.25) is 0 Å². The molecular weight excluding hydrogens is 156 g/mol. The van der Waals surface area contributed by atoms with Gasteiger partial charge in [-0.1, -0.05) is 0 Å². The summed E-state index contributed by atoms with van der Waals surface area (Å²) in [6, 6.07) is -0.275. The molecule has 0 spiro atoms. The Morgan fingerprint density at radius 2 is 2.40 bits per heavy atom. The SMILES string of the molecule is CCON1CCN(Cl)C1=O. The number of urea groups is 1. The fourth-order valence-electron chi connectivity index (χ4n) is 0.767. The van der Waals surface area contributed by atoms with E-state index in [2.05, 4.69) is 0 Å². The number of carbonyl (C=O) groups is 1. The van der Waals surface area contributed by atoms with Gasteiger partial charge >= 0.3 is 6.03 Å². The van der Waals surface area contributed by atoms with Crippen LogP contribution in [0, 0.1) is 0 Å². The third kappa shape index (κ3) is 1.33. The fourth-order valence-corrected chi connectivity index (χ4v) is 0.926. The summed E-state index contributed by atoms with van der Waals surface area (Å²) in [6.07, 6.45) is 0. The highest BCUT2D eigenvalue weighted by molar-refractivity contribution is 6.21. The number of carbonyl (C=O) groups excluding carboxylic acids is 1. The molecule has 0 aromatic rings. The first-order valence-electron chi connectivity index (χ1n) is 3.13. The molecule has 58 valence electrons. The molecule has 1 saturated heterocycles. The van der Waals surface area contributed by atoms with Crippen molar-refractivity contribution in [2.75, 3.05) is 19.7 Å². The lowest BCUT2D eigenvalue weighted by atomic mass is 10.7. The van der Waals surface area contributed by atoms with Crippen molar-refractivity contribution in [1.29, 1.82) is 0 Å². The number of amides is 2. The van der Waals surface area contributed by atoms with E-state index in [0.29, 0.717) is 19.7 Å². The van der Waals surface area contributed by atoms with E-state index >= 15 is 0 Å². The van der Waals surface area contributed by atoms with E-state index in [1.54, 1.807) is 0 Å². The zero-order valence-electron chi connectivity index (χ0n) is 5.71. The topological polar surface area (TPSA) is 32.8 Å². The standard InChI is InChI=1S/C5H9ClN2O2/c1-2-10-8-4-3-7(6)5(8)9/h2-4H2,1H3. The van der Waals surface area contributed by atoms with E-state index in [1.165, 1.54) is 5.06 Å². The van der Waals surface area contributed by atoms with Crippen LogP contribution >= 0.6 is 11.8 Å². The van der Waals surface area contributed by atoms with Gasteiger partial charge in [-0.2, -0.15) is 0 Å². The van der Waals surface area contributed by atoms with Crippen molar-refractivity contribution < 1.29 is 9.63 Å². The third-order valence-corrected chi connectivity index (χ3v) is 1.52. The number of hydrogen-bond acceptors (Lipinski definition) is 2. The zero-order chi connectivity index (χ0) is 7.56. The first-order chi connectivity index (χ1) is 4.75. The molecule has 0 saturated carbocycles. The smallest absolute Gasteiger partial charge is 0.270 e. The van der Waals surface area contributed by atoms with Gasteiger partial charge in [0.05, 0.1) is 19.7 Å². The average molecular weight is 165 g/mol. The maximum absolute atomic E-state index is 10.9. The van der Waals surface area contributed by atoms with Gasteiger partial charge in [0.1, 0.15) is 0 Å². The van der Waals surface area contributed by atoms with Crippen molar-refractivity contribution in [3.8, 4) is 0 Å². The Bertz CT molecular complexity index is 140. The predicted octanol–water partition coefficient (Wildman–Crippen LogP) is 0.829. The molecule has 1 fully saturated rings. The van der Waals surface area contributed by atoms with Crippen LogP contribution < -0.4 is 0 Å². The van der Waals surface area contributed by atoms with Crippen molar-refractivity contribution in [3.05, 3.63) is 0 Å². The molecule has 0 radical (unpaired) electrons. The van der Waals surface area contributed by atoms with Crippen molar-refractivity contribution >= 4 is 17.8 Å². The second-order valence-electron chi connectivity index (χ2n) is 1.89. The first kappa shape index (κ1) is 7.63. The van der Waals surface area contributed by atoms with E-state index in [4.69, 9.17) is 16.6 Å². The monoisotopic (exact) mass is 164 g/mol. The molecule has 1 heterocycles. The number of hydroxylamine groups is 2. The fraction of sp³-hybridized carbons (Fsp3) is 0.800. The molecule has 1 rings (SSSR count). The van der Waals surface area contributed by atoms with Gasteiger partial charge < -0.3 is 0 Å². The van der Waals surface area contributed by atoms with Gasteiger partial charge in [-0.15, -0.1) is 0 Å². The summed E-state index contributed by atoms with van der Waals surface area (Å²) in [4.78, 5) is 15.8. The molecular formula is C5H9ClN2O2. The molecule has 0 aromatic carbocycles. The second-order valence-corrected chi connectivity index (χ2v) is 2.30. The normalized spacial score (nSPS) is 18.8. The number of nitrogens with zero attached hydrogens (tertiary/aromatic N) is 2. The number of hydrogen-bond donors (Lipinski definition) is 0. The summed E-state index contributed by atoms with van der Waals surface area (Å²) in [6.45, 7) is 3.40. The largest absolute Gasteiger partial charge is 0.358 e. The van der Waals surface area contributed by atoms with Crippen LogP contribution in [-0.2, 0) is 4.84 Å². The Kier molecular flexibility index (Phi) is 2.34. The lowest BCUT2D eigenvalue weighted by Crippen LogP contribution is -2.27. The molecule has 0 atom stereocenters. The minimum Gasteiger partial charge on any atom is -0.270 e. The summed E-state index contributed by atoms with van der Waals surface area (Å²) < 4.78 is 1.11. The Hall–Kier alpha value is -0.480. The molecule has 0 aliphatic carbocycles. The Morgan fingerprint density at radius 1 is 1.70 bits per heavy atom. The van der Waals surface area contributed by atoms with E-state index in [1.807, 2.05) is 6.92 Å². The summed E-state index contributed by atoms with van der Waals surface area (Å²) in [5.74, 6) is 0. The van der Waals surface area contributed by atoms with Crippen molar-refractivity contribution in [2.45, 2.75) is 6.92 Å². The second kappa shape index (κ2) is 3.07. The molecule has 4 nitrogen and oxygen atoms in total. The minimum atomic E-state index is -0.275. The van der Waals surface area contributed by atoms with Gasteiger partial charge in [0, 0.05) is 11.8 Å². The predicted molar refractivity (Wildman–Crippen MR) is 36.3 cm³/mol. The molecule has 1 aliphatic rings. The lowest BCUT2D eigenvalue weighted by Gasteiger charge is -2.12. The molecule has 10 heavy (non-hydrogen) atoms. The van der Waals surface area contributed by atoms with Gasteiger partial charge in [-0.05, 0) is 6.92 Å². The highest BCUT2D eigenvalue weighted by atomic mass is 35.5. The van der Waals surface area contributed by atoms with Crippen LogP contribution in [0.4, 0.5) is 4.79 Å². The van der Waals surface area contributed by atoms with Crippen LogP contribution in [0.5, 0.6) is 0 Å². The van der Waals surface area contributed by atoms with Crippen LogP contribution in [-0.4, -0.2) is 35.2 Å². The van der Waals surface area contributed by atoms with Crippen LogP contribution in [0.1, 0.15) is 6.92 Å². The van der Waals surface area contributed by atoms with E-state index in [-0.39, 0.29) is 6.03 Å². The Balaban J connectivity index is 2.41. The average Bonchev–Trinajstić information content (AvgIpc) is 2.20. The molecule has 0 N–H and O–H groups in total. The summed E-state index contributed by atoms with van der Waals surface area (Å²) in [5.41, 5.74) is 0. The minimum absolute atomic E-state index is 0.275. The van der Waals surface area contributed by atoms with Crippen molar-refractivity contribution in [1.82, 2.24) is 9.48 Å². The zero-order valence-corrected chi connectivity index (χ0v) is 6.47. The maximum atomic E-state index is 10.9. The quantitative estimate of drug-likeness (QED) is 0.567. The highest BCUT2D eigenvalue weighted by Gasteiger charge is 2.27. The summed E-state index contributed by atoms with van der Waals surface area (Å²) in [7, 11) is 0. The molecule has 0 bridgehead atoms. The molecule has 0 unspecified atom stereocenters. The Labute approximate surface area is 64.4 Å². The summed E-state index contributed by atoms with van der Waals surface area (Å²) in [5, 5.41) is 1.26. The van der Waals surface area contributed by atoms with Crippen LogP contribution in [0.3, 0.4) is 0 Å². The first-order valence-corrected chi connectivity index (χ1v) is 3.47. The van der Waals surface area contributed by atoms with Crippen molar-refractivity contribution in [2.24, 2.45) is 0 Å². The maximum Gasteiger partial charge on any atom is 0.358 e. The van der Waals surface area contributed by atoms with Gasteiger partial charge in [0.25, 0.3) is 0 Å². The molecule has 2 amide bonds. The van der Waals surface area contributed by atoms with E-state index < -0.39 is 0 Å². The van der Waals surface area contributed by atoms with Gasteiger partial charge in [0.2, 0.25) is 0 Å². The highest BCUT2D eigenvalue weighted by Crippen LogP contribution is 2.10. The van der Waals surface area contributed by atoms with Gasteiger partial charge in [0.15, 0.2) is 0 Å². The molecule has 5 heteroatoms.